The first-order valence-corrected chi connectivity index (χ1v) is 8.30. The zero-order valence-corrected chi connectivity index (χ0v) is 13.6. The summed E-state index contributed by atoms with van der Waals surface area (Å²) in [4.78, 5) is 11.8. The van der Waals surface area contributed by atoms with E-state index in [1.54, 1.807) is 0 Å². The highest BCUT2D eigenvalue weighted by Gasteiger charge is 2.11. The minimum absolute atomic E-state index is 0.117. The molecule has 0 unspecified atom stereocenters. The smallest absolute Gasteiger partial charge is 0.282 e. The first kappa shape index (κ1) is 16.9. The lowest BCUT2D eigenvalue weighted by atomic mass is 10.0. The summed E-state index contributed by atoms with van der Waals surface area (Å²) < 4.78 is 0. The highest BCUT2D eigenvalue weighted by Crippen LogP contribution is 2.14. The second kappa shape index (κ2) is 9.69. The molecule has 0 aliphatic heterocycles. The molecule has 0 aliphatic carbocycles. The van der Waals surface area contributed by atoms with E-state index >= 15 is 0 Å². The van der Waals surface area contributed by atoms with E-state index in [-0.39, 0.29) is 5.91 Å². The first-order valence-electron chi connectivity index (χ1n) is 7.49. The van der Waals surface area contributed by atoms with Crippen LogP contribution in [0.1, 0.15) is 62.7 Å². The lowest BCUT2D eigenvalue weighted by molar-refractivity contribution is 0.0952. The van der Waals surface area contributed by atoms with E-state index in [2.05, 4.69) is 34.7 Å². The van der Waals surface area contributed by atoms with Gasteiger partial charge < -0.3 is 10.6 Å². The Bertz CT molecular complexity index is 392. The van der Waals surface area contributed by atoms with Gasteiger partial charge in [-0.25, -0.2) is 0 Å². The van der Waals surface area contributed by atoms with E-state index in [1.807, 2.05) is 6.92 Å². The molecule has 20 heavy (non-hydrogen) atoms. The number of anilines is 1. The third kappa shape index (κ3) is 6.84. The maximum Gasteiger partial charge on any atom is 0.282 e. The number of aromatic nitrogens is 2. The van der Waals surface area contributed by atoms with Gasteiger partial charge in [-0.05, 0) is 19.3 Å². The Balaban J connectivity index is 2.10. The summed E-state index contributed by atoms with van der Waals surface area (Å²) in [6, 6.07) is 0. The summed E-state index contributed by atoms with van der Waals surface area (Å²) in [7, 11) is 0. The van der Waals surface area contributed by atoms with Crippen molar-refractivity contribution in [2.45, 2.75) is 52.9 Å². The number of hydrogen-bond donors (Lipinski definition) is 2. The zero-order valence-electron chi connectivity index (χ0n) is 12.7. The summed E-state index contributed by atoms with van der Waals surface area (Å²) in [5.41, 5.74) is 0. The molecule has 1 amide bonds. The van der Waals surface area contributed by atoms with Crippen LogP contribution in [0.4, 0.5) is 5.13 Å². The molecule has 0 aromatic carbocycles. The van der Waals surface area contributed by atoms with Crippen molar-refractivity contribution < 1.29 is 4.79 Å². The van der Waals surface area contributed by atoms with Crippen LogP contribution >= 0.6 is 11.3 Å². The molecule has 1 rings (SSSR count). The first-order chi connectivity index (χ1) is 9.63. The van der Waals surface area contributed by atoms with Crippen LogP contribution < -0.4 is 10.6 Å². The molecular formula is C14H26N4OS. The average molecular weight is 298 g/mol. The molecule has 6 heteroatoms. The third-order valence-electron chi connectivity index (χ3n) is 2.94. The number of nitrogens with one attached hydrogen (secondary N) is 2. The van der Waals surface area contributed by atoms with Crippen LogP contribution in [0.5, 0.6) is 0 Å². The molecule has 0 saturated carbocycles. The maximum absolute atomic E-state index is 11.8. The van der Waals surface area contributed by atoms with Gasteiger partial charge in [-0.2, -0.15) is 0 Å². The summed E-state index contributed by atoms with van der Waals surface area (Å²) in [5, 5.41) is 14.9. The van der Waals surface area contributed by atoms with Crippen molar-refractivity contribution in [1.82, 2.24) is 15.5 Å². The van der Waals surface area contributed by atoms with Crippen LogP contribution in [-0.4, -0.2) is 29.2 Å². The fourth-order valence-electron chi connectivity index (χ4n) is 1.85. The van der Waals surface area contributed by atoms with Gasteiger partial charge in [0.15, 0.2) is 0 Å². The lowest BCUT2D eigenvalue weighted by Gasteiger charge is -2.05. The molecule has 0 fully saturated rings. The number of carbonyl (C=O) groups excluding carboxylic acids is 1. The van der Waals surface area contributed by atoms with E-state index in [1.165, 1.54) is 37.0 Å². The predicted molar refractivity (Wildman–Crippen MR) is 84.3 cm³/mol. The normalized spacial score (nSPS) is 10.8. The summed E-state index contributed by atoms with van der Waals surface area (Å²) in [6.07, 6.45) is 6.03. The minimum atomic E-state index is -0.117. The zero-order chi connectivity index (χ0) is 14.8. The van der Waals surface area contributed by atoms with E-state index in [9.17, 15) is 4.79 Å². The van der Waals surface area contributed by atoms with E-state index in [0.29, 0.717) is 10.1 Å². The molecule has 0 saturated heterocycles. The van der Waals surface area contributed by atoms with Gasteiger partial charge in [0.05, 0.1) is 0 Å². The topological polar surface area (TPSA) is 66.9 Å². The number of nitrogens with zero attached hydrogens (tertiary/aromatic N) is 2. The van der Waals surface area contributed by atoms with Gasteiger partial charge in [-0.3, -0.25) is 4.79 Å². The Hall–Kier alpha value is -1.17. The van der Waals surface area contributed by atoms with Gasteiger partial charge in [0.1, 0.15) is 0 Å². The Morgan fingerprint density at radius 1 is 1.20 bits per heavy atom. The molecule has 1 heterocycles. The van der Waals surface area contributed by atoms with E-state index < -0.39 is 0 Å². The molecule has 5 nitrogen and oxygen atoms in total. The van der Waals surface area contributed by atoms with Crippen LogP contribution in [0.3, 0.4) is 0 Å². The summed E-state index contributed by atoms with van der Waals surface area (Å²) in [6.45, 7) is 8.00. The molecule has 0 atom stereocenters. The summed E-state index contributed by atoms with van der Waals surface area (Å²) >= 11 is 1.30. The van der Waals surface area contributed by atoms with Crippen molar-refractivity contribution in [3.05, 3.63) is 5.01 Å². The molecule has 0 aliphatic rings. The third-order valence-corrected chi connectivity index (χ3v) is 3.82. The molecular weight excluding hydrogens is 272 g/mol. The van der Waals surface area contributed by atoms with Crippen LogP contribution in [-0.2, 0) is 0 Å². The van der Waals surface area contributed by atoms with Gasteiger partial charge >= 0.3 is 0 Å². The summed E-state index contributed by atoms with van der Waals surface area (Å²) in [5.74, 6) is 0.673. The second-order valence-electron chi connectivity index (χ2n) is 5.30. The molecule has 114 valence electrons. The number of rotatable bonds is 10. The van der Waals surface area contributed by atoms with Gasteiger partial charge in [0.25, 0.3) is 5.91 Å². The van der Waals surface area contributed by atoms with E-state index in [4.69, 9.17) is 0 Å². The highest BCUT2D eigenvalue weighted by molar-refractivity contribution is 7.17. The second-order valence-corrected chi connectivity index (χ2v) is 6.27. The Labute approximate surface area is 125 Å². The lowest BCUT2D eigenvalue weighted by Crippen LogP contribution is -2.24. The van der Waals surface area contributed by atoms with Gasteiger partial charge in [-0.1, -0.05) is 50.9 Å². The molecule has 1 aromatic rings. The molecule has 2 N–H and O–H groups in total. The standard InChI is InChI=1S/C14H26N4OS/c1-4-15-14-18-17-13(20-14)12(19)16-10-8-6-5-7-9-11(2)3/h11H,4-10H2,1-3H3,(H,15,18)(H,16,19). The van der Waals surface area contributed by atoms with Crippen molar-refractivity contribution in [2.75, 3.05) is 18.4 Å². The van der Waals surface area contributed by atoms with Gasteiger partial charge in [-0.15, -0.1) is 10.2 Å². The molecule has 1 aromatic heterocycles. The van der Waals surface area contributed by atoms with Crippen LogP contribution in [0.25, 0.3) is 0 Å². The van der Waals surface area contributed by atoms with E-state index in [0.717, 1.165) is 25.4 Å². The number of carbonyl (C=O) groups is 1. The van der Waals surface area contributed by atoms with Crippen molar-refractivity contribution >= 4 is 22.4 Å². The number of amides is 1. The molecule has 0 radical (unpaired) electrons. The maximum atomic E-state index is 11.8. The Morgan fingerprint density at radius 2 is 1.95 bits per heavy atom. The van der Waals surface area contributed by atoms with Crippen LogP contribution in [0, 0.1) is 5.92 Å². The van der Waals surface area contributed by atoms with Gasteiger partial charge in [0, 0.05) is 13.1 Å². The van der Waals surface area contributed by atoms with Crippen molar-refractivity contribution in [3.63, 3.8) is 0 Å². The number of unbranched alkanes of at least 4 members (excludes halogenated alkanes) is 3. The van der Waals surface area contributed by atoms with Crippen LogP contribution in [0.15, 0.2) is 0 Å². The Morgan fingerprint density at radius 3 is 2.65 bits per heavy atom. The predicted octanol–water partition coefficient (Wildman–Crippen LogP) is 3.31. The largest absolute Gasteiger partial charge is 0.360 e. The Kier molecular flexibility index (Phi) is 8.18. The fraction of sp³-hybridized carbons (Fsp3) is 0.786. The molecule has 0 spiro atoms. The van der Waals surface area contributed by atoms with Crippen molar-refractivity contribution in [3.8, 4) is 0 Å². The van der Waals surface area contributed by atoms with Gasteiger partial charge in [0.2, 0.25) is 10.1 Å². The highest BCUT2D eigenvalue weighted by atomic mass is 32.1. The van der Waals surface area contributed by atoms with Crippen molar-refractivity contribution in [1.29, 1.82) is 0 Å². The minimum Gasteiger partial charge on any atom is -0.360 e. The number of hydrogen-bond acceptors (Lipinski definition) is 5. The monoisotopic (exact) mass is 298 g/mol. The molecule has 0 bridgehead atoms. The van der Waals surface area contributed by atoms with Crippen LogP contribution in [0.2, 0.25) is 0 Å². The van der Waals surface area contributed by atoms with Crippen molar-refractivity contribution in [2.24, 2.45) is 5.92 Å². The quantitative estimate of drug-likeness (QED) is 0.650. The SMILES string of the molecule is CCNc1nnc(C(=O)NCCCCCCC(C)C)s1. The average Bonchev–Trinajstić information content (AvgIpc) is 2.86. The fourth-order valence-corrected chi connectivity index (χ4v) is 2.57.